The molecule has 1 heterocycles. The quantitative estimate of drug-likeness (QED) is 0.843. The van der Waals surface area contributed by atoms with Crippen LogP contribution in [0.3, 0.4) is 0 Å². The molecule has 1 aliphatic rings. The summed E-state index contributed by atoms with van der Waals surface area (Å²) < 4.78 is 10.7. The molecule has 1 fully saturated rings. The Bertz CT molecular complexity index is 368. The second kappa shape index (κ2) is 4.07. The lowest BCUT2D eigenvalue weighted by Crippen LogP contribution is -2.56. The number of likely N-dealkylation sites (N-methyl/N-ethyl adjacent to an activating group) is 1. The van der Waals surface area contributed by atoms with Crippen LogP contribution in [0, 0.1) is 13.8 Å². The highest BCUT2D eigenvalue weighted by atomic mass is 16.5. The zero-order valence-electron chi connectivity index (χ0n) is 10.4. The van der Waals surface area contributed by atoms with Gasteiger partial charge in [0.2, 0.25) is 0 Å². The van der Waals surface area contributed by atoms with E-state index < -0.39 is 0 Å². The number of hydrogen-bond donors (Lipinski definition) is 1. The van der Waals surface area contributed by atoms with Crippen molar-refractivity contribution in [1.29, 1.82) is 0 Å². The lowest BCUT2D eigenvalue weighted by atomic mass is 9.86. The standard InChI is InChI=1S/C13H19NO2/c1-9-5-11(6-10(2)12(9)15-4)13(14-3)7-16-8-13/h5-6,14H,7-8H2,1-4H3. The summed E-state index contributed by atoms with van der Waals surface area (Å²) in [5.41, 5.74) is 3.65. The van der Waals surface area contributed by atoms with Crippen molar-refractivity contribution in [2.24, 2.45) is 0 Å². The molecule has 0 atom stereocenters. The highest BCUT2D eigenvalue weighted by Gasteiger charge is 2.39. The van der Waals surface area contributed by atoms with Gasteiger partial charge in [0.05, 0.1) is 25.9 Å². The number of rotatable bonds is 3. The van der Waals surface area contributed by atoms with Gasteiger partial charge in [-0.15, -0.1) is 0 Å². The van der Waals surface area contributed by atoms with Crippen molar-refractivity contribution in [2.45, 2.75) is 19.4 Å². The SMILES string of the molecule is CNC1(c2cc(C)c(OC)c(C)c2)COC1. The third kappa shape index (κ3) is 1.60. The Labute approximate surface area is 96.8 Å². The Balaban J connectivity index is 2.43. The van der Waals surface area contributed by atoms with E-state index in [4.69, 9.17) is 9.47 Å². The molecule has 2 rings (SSSR count). The Hall–Kier alpha value is -1.06. The number of hydrogen-bond acceptors (Lipinski definition) is 3. The van der Waals surface area contributed by atoms with Gasteiger partial charge in [0, 0.05) is 0 Å². The topological polar surface area (TPSA) is 30.5 Å². The van der Waals surface area contributed by atoms with Crippen LogP contribution >= 0.6 is 0 Å². The molecule has 88 valence electrons. The summed E-state index contributed by atoms with van der Waals surface area (Å²) in [7, 11) is 3.70. The molecule has 3 nitrogen and oxygen atoms in total. The average molecular weight is 221 g/mol. The van der Waals surface area contributed by atoms with Gasteiger partial charge in [0.1, 0.15) is 5.75 Å². The monoisotopic (exact) mass is 221 g/mol. The van der Waals surface area contributed by atoms with Gasteiger partial charge in [-0.3, -0.25) is 0 Å². The molecule has 0 unspecified atom stereocenters. The first-order valence-corrected chi connectivity index (χ1v) is 5.55. The Morgan fingerprint density at radius 3 is 2.12 bits per heavy atom. The molecule has 1 saturated heterocycles. The minimum Gasteiger partial charge on any atom is -0.496 e. The second-order valence-corrected chi connectivity index (χ2v) is 4.47. The third-order valence-electron chi connectivity index (χ3n) is 3.39. The van der Waals surface area contributed by atoms with Gasteiger partial charge in [-0.2, -0.15) is 0 Å². The summed E-state index contributed by atoms with van der Waals surface area (Å²) in [4.78, 5) is 0. The van der Waals surface area contributed by atoms with Gasteiger partial charge < -0.3 is 14.8 Å². The van der Waals surface area contributed by atoms with Crippen LogP contribution in [0.25, 0.3) is 0 Å². The Kier molecular flexibility index (Phi) is 2.91. The summed E-state index contributed by atoms with van der Waals surface area (Å²) in [6.45, 7) is 5.65. The van der Waals surface area contributed by atoms with E-state index in [1.54, 1.807) is 7.11 Å². The number of aryl methyl sites for hydroxylation is 2. The lowest BCUT2D eigenvalue weighted by Gasteiger charge is -2.42. The van der Waals surface area contributed by atoms with E-state index in [9.17, 15) is 0 Å². The molecular weight excluding hydrogens is 202 g/mol. The molecule has 0 spiro atoms. The molecule has 0 bridgehead atoms. The Morgan fingerprint density at radius 2 is 1.81 bits per heavy atom. The normalized spacial score (nSPS) is 18.0. The molecule has 0 amide bonds. The summed E-state index contributed by atoms with van der Waals surface area (Å²) in [6, 6.07) is 4.37. The van der Waals surface area contributed by atoms with Crippen LogP contribution in [-0.2, 0) is 10.3 Å². The van der Waals surface area contributed by atoms with Gasteiger partial charge in [0.25, 0.3) is 0 Å². The fourth-order valence-electron chi connectivity index (χ4n) is 2.31. The molecule has 0 saturated carbocycles. The maximum atomic E-state index is 5.38. The lowest BCUT2D eigenvalue weighted by molar-refractivity contribution is -0.0748. The molecule has 0 aromatic heterocycles. The van der Waals surface area contributed by atoms with Crippen molar-refractivity contribution < 1.29 is 9.47 Å². The fourth-order valence-corrected chi connectivity index (χ4v) is 2.31. The fraction of sp³-hybridized carbons (Fsp3) is 0.538. The number of ether oxygens (including phenoxy) is 2. The first kappa shape index (κ1) is 11.4. The minimum absolute atomic E-state index is 0.00178. The van der Waals surface area contributed by atoms with Crippen LogP contribution in [0.1, 0.15) is 16.7 Å². The molecule has 3 heteroatoms. The predicted molar refractivity (Wildman–Crippen MR) is 64.0 cm³/mol. The van der Waals surface area contributed by atoms with Crippen molar-refractivity contribution in [1.82, 2.24) is 5.32 Å². The number of benzene rings is 1. The highest BCUT2D eigenvalue weighted by Crippen LogP contribution is 2.34. The average Bonchev–Trinajstić information content (AvgIpc) is 2.16. The van der Waals surface area contributed by atoms with Gasteiger partial charge in [-0.25, -0.2) is 0 Å². The van der Waals surface area contributed by atoms with Crippen LogP contribution in [0.4, 0.5) is 0 Å². The molecule has 1 aromatic rings. The molecule has 16 heavy (non-hydrogen) atoms. The summed E-state index contributed by atoms with van der Waals surface area (Å²) in [5, 5.41) is 3.36. The molecule has 0 radical (unpaired) electrons. The first-order valence-electron chi connectivity index (χ1n) is 5.55. The van der Waals surface area contributed by atoms with Crippen molar-refractivity contribution in [3.05, 3.63) is 28.8 Å². The summed E-state index contributed by atoms with van der Waals surface area (Å²) >= 11 is 0. The van der Waals surface area contributed by atoms with E-state index in [1.165, 1.54) is 16.7 Å². The van der Waals surface area contributed by atoms with Crippen molar-refractivity contribution in [3.8, 4) is 5.75 Å². The van der Waals surface area contributed by atoms with Gasteiger partial charge >= 0.3 is 0 Å². The zero-order valence-corrected chi connectivity index (χ0v) is 10.4. The second-order valence-electron chi connectivity index (χ2n) is 4.47. The van der Waals surface area contributed by atoms with Crippen LogP contribution in [0.5, 0.6) is 5.75 Å². The van der Waals surface area contributed by atoms with Gasteiger partial charge in [-0.05, 0) is 37.6 Å². The predicted octanol–water partition coefficient (Wildman–Crippen LogP) is 1.76. The van der Waals surface area contributed by atoms with E-state index in [-0.39, 0.29) is 5.54 Å². The smallest absolute Gasteiger partial charge is 0.124 e. The summed E-state index contributed by atoms with van der Waals surface area (Å²) in [6.07, 6.45) is 0. The van der Waals surface area contributed by atoms with E-state index >= 15 is 0 Å². The van der Waals surface area contributed by atoms with E-state index in [2.05, 4.69) is 31.3 Å². The summed E-state index contributed by atoms with van der Waals surface area (Å²) in [5.74, 6) is 0.982. The van der Waals surface area contributed by atoms with E-state index in [0.717, 1.165) is 19.0 Å². The largest absolute Gasteiger partial charge is 0.496 e. The van der Waals surface area contributed by atoms with E-state index in [1.807, 2.05) is 7.05 Å². The van der Waals surface area contributed by atoms with Gasteiger partial charge in [0.15, 0.2) is 0 Å². The maximum absolute atomic E-state index is 5.38. The van der Waals surface area contributed by atoms with Crippen molar-refractivity contribution in [2.75, 3.05) is 27.4 Å². The van der Waals surface area contributed by atoms with Crippen LogP contribution < -0.4 is 10.1 Å². The molecule has 1 N–H and O–H groups in total. The molecule has 0 aliphatic carbocycles. The number of methoxy groups -OCH3 is 1. The minimum atomic E-state index is 0.00178. The van der Waals surface area contributed by atoms with Crippen LogP contribution in [0.2, 0.25) is 0 Å². The Morgan fingerprint density at radius 1 is 1.25 bits per heavy atom. The molecule has 1 aliphatic heterocycles. The van der Waals surface area contributed by atoms with E-state index in [0.29, 0.717) is 0 Å². The number of nitrogens with one attached hydrogen (secondary N) is 1. The van der Waals surface area contributed by atoms with Crippen molar-refractivity contribution >= 4 is 0 Å². The van der Waals surface area contributed by atoms with Crippen LogP contribution in [-0.4, -0.2) is 27.4 Å². The van der Waals surface area contributed by atoms with Crippen LogP contribution in [0.15, 0.2) is 12.1 Å². The molecule has 1 aromatic carbocycles. The maximum Gasteiger partial charge on any atom is 0.124 e. The zero-order chi connectivity index (χ0) is 11.8. The first-order chi connectivity index (χ1) is 7.63. The third-order valence-corrected chi connectivity index (χ3v) is 3.39. The van der Waals surface area contributed by atoms with Crippen molar-refractivity contribution in [3.63, 3.8) is 0 Å². The highest BCUT2D eigenvalue weighted by molar-refractivity contribution is 5.46. The van der Waals surface area contributed by atoms with Gasteiger partial charge in [-0.1, -0.05) is 12.1 Å². The molecular formula is C13H19NO2.